The lowest BCUT2D eigenvalue weighted by molar-refractivity contribution is -0.116. The number of rotatable bonds is 8. The quantitative estimate of drug-likeness (QED) is 0.453. The molecule has 0 radical (unpaired) electrons. The van der Waals surface area contributed by atoms with Crippen LogP contribution in [0, 0.1) is 0 Å². The van der Waals surface area contributed by atoms with E-state index < -0.39 is 10.0 Å². The van der Waals surface area contributed by atoms with Gasteiger partial charge in [0, 0.05) is 30.9 Å². The molecule has 1 heterocycles. The van der Waals surface area contributed by atoms with E-state index in [1.165, 1.54) is 36.2 Å². The van der Waals surface area contributed by atoms with Crippen molar-refractivity contribution in [1.29, 1.82) is 0 Å². The van der Waals surface area contributed by atoms with E-state index in [-0.39, 0.29) is 10.8 Å². The zero-order valence-electron chi connectivity index (χ0n) is 15.6. The molecule has 2 N–H and O–H groups in total. The number of fused-ring (bicyclic) bond motifs is 1. The highest BCUT2D eigenvalue weighted by atomic mass is 32.2. The Morgan fingerprint density at radius 3 is 2.57 bits per heavy atom. The van der Waals surface area contributed by atoms with Crippen molar-refractivity contribution >= 4 is 32.9 Å². The molecule has 0 atom stereocenters. The molecule has 7 heteroatoms. The molecule has 0 bridgehead atoms. The molecule has 0 saturated carbocycles. The van der Waals surface area contributed by atoms with E-state index in [0.29, 0.717) is 6.54 Å². The standard InChI is InChI=1S/C21H23N3O3S/c1-22-28(26,27)19-10-7-17(8-11-19)9-12-21(25)23-14-4-15-24-16-13-18-5-2-3-6-20(18)24/h2-3,5-13,16,22H,4,14-15H2,1H3,(H,23,25)/b12-9+. The number of aromatic nitrogens is 1. The minimum Gasteiger partial charge on any atom is -0.352 e. The summed E-state index contributed by atoms with van der Waals surface area (Å²) in [7, 11) is -2.08. The summed E-state index contributed by atoms with van der Waals surface area (Å²) in [6, 6.07) is 16.6. The predicted octanol–water partition coefficient (Wildman–Crippen LogP) is 2.77. The third-order valence-electron chi connectivity index (χ3n) is 4.44. The minimum atomic E-state index is -3.45. The molecule has 0 aliphatic carbocycles. The Labute approximate surface area is 164 Å². The normalized spacial score (nSPS) is 11.9. The fraction of sp³-hybridized carbons (Fsp3) is 0.190. The summed E-state index contributed by atoms with van der Waals surface area (Å²) in [5.74, 6) is -0.177. The van der Waals surface area contributed by atoms with Crippen molar-refractivity contribution in [2.45, 2.75) is 17.9 Å². The summed E-state index contributed by atoms with van der Waals surface area (Å²) >= 11 is 0. The first-order valence-corrected chi connectivity index (χ1v) is 10.5. The number of benzene rings is 2. The van der Waals surface area contributed by atoms with Gasteiger partial charge < -0.3 is 9.88 Å². The molecule has 3 aromatic rings. The summed E-state index contributed by atoms with van der Waals surface area (Å²) in [5.41, 5.74) is 1.95. The highest BCUT2D eigenvalue weighted by Gasteiger charge is 2.09. The van der Waals surface area contributed by atoms with Crippen LogP contribution in [-0.4, -0.2) is 32.5 Å². The number of carbonyl (C=O) groups excluding carboxylic acids is 1. The molecule has 1 amide bonds. The Hall–Kier alpha value is -2.90. The summed E-state index contributed by atoms with van der Waals surface area (Å²) < 4.78 is 27.8. The van der Waals surface area contributed by atoms with Crippen molar-refractivity contribution in [3.8, 4) is 0 Å². The second-order valence-electron chi connectivity index (χ2n) is 6.32. The maximum Gasteiger partial charge on any atom is 0.244 e. The van der Waals surface area contributed by atoms with Gasteiger partial charge in [-0.1, -0.05) is 30.3 Å². The topological polar surface area (TPSA) is 80.2 Å². The van der Waals surface area contributed by atoms with Crippen LogP contribution in [0.15, 0.2) is 71.8 Å². The Morgan fingerprint density at radius 2 is 1.82 bits per heavy atom. The third-order valence-corrected chi connectivity index (χ3v) is 5.87. The minimum absolute atomic E-state index is 0.177. The van der Waals surface area contributed by atoms with E-state index >= 15 is 0 Å². The molecule has 146 valence electrons. The van der Waals surface area contributed by atoms with Crippen LogP contribution in [-0.2, 0) is 21.4 Å². The number of hydrogen-bond acceptors (Lipinski definition) is 3. The van der Waals surface area contributed by atoms with E-state index in [9.17, 15) is 13.2 Å². The third kappa shape index (κ3) is 4.88. The average Bonchev–Trinajstić information content (AvgIpc) is 3.13. The van der Waals surface area contributed by atoms with Crippen LogP contribution in [0.1, 0.15) is 12.0 Å². The molecule has 0 saturated heterocycles. The van der Waals surface area contributed by atoms with Gasteiger partial charge in [-0.25, -0.2) is 13.1 Å². The van der Waals surface area contributed by atoms with Crippen molar-refractivity contribution in [3.05, 3.63) is 72.4 Å². The van der Waals surface area contributed by atoms with Gasteiger partial charge in [0.2, 0.25) is 15.9 Å². The Morgan fingerprint density at radius 1 is 1.07 bits per heavy atom. The van der Waals surface area contributed by atoms with Gasteiger partial charge in [-0.15, -0.1) is 0 Å². The van der Waals surface area contributed by atoms with Gasteiger partial charge in [0.05, 0.1) is 4.90 Å². The number of amides is 1. The maximum absolute atomic E-state index is 12.0. The largest absolute Gasteiger partial charge is 0.352 e. The lowest BCUT2D eigenvalue weighted by Gasteiger charge is -2.06. The fourth-order valence-electron chi connectivity index (χ4n) is 2.90. The first-order valence-electron chi connectivity index (χ1n) is 9.03. The molecule has 0 spiro atoms. The molecule has 0 fully saturated rings. The van der Waals surface area contributed by atoms with E-state index in [1.54, 1.807) is 18.2 Å². The van der Waals surface area contributed by atoms with Crippen molar-refractivity contribution in [2.75, 3.05) is 13.6 Å². The second-order valence-corrected chi connectivity index (χ2v) is 8.21. The SMILES string of the molecule is CNS(=O)(=O)c1ccc(/C=C/C(=O)NCCCn2ccc3ccccc32)cc1. The first-order chi connectivity index (χ1) is 13.5. The van der Waals surface area contributed by atoms with Gasteiger partial charge >= 0.3 is 0 Å². The zero-order valence-corrected chi connectivity index (χ0v) is 16.4. The Balaban J connectivity index is 1.46. The number of para-hydroxylation sites is 1. The maximum atomic E-state index is 12.0. The molecule has 1 aromatic heterocycles. The van der Waals surface area contributed by atoms with Crippen LogP contribution in [0.25, 0.3) is 17.0 Å². The summed E-state index contributed by atoms with van der Waals surface area (Å²) in [4.78, 5) is 12.1. The Bertz CT molecular complexity index is 1080. The molecule has 0 aliphatic heterocycles. The number of hydrogen-bond donors (Lipinski definition) is 2. The molecule has 28 heavy (non-hydrogen) atoms. The molecule has 0 aliphatic rings. The molecular formula is C21H23N3O3S. The van der Waals surface area contributed by atoms with Crippen molar-refractivity contribution in [2.24, 2.45) is 0 Å². The van der Waals surface area contributed by atoms with Gasteiger partial charge in [-0.2, -0.15) is 0 Å². The van der Waals surface area contributed by atoms with Crippen LogP contribution in [0.5, 0.6) is 0 Å². The number of nitrogens with one attached hydrogen (secondary N) is 2. The van der Waals surface area contributed by atoms with Crippen LogP contribution in [0.4, 0.5) is 0 Å². The summed E-state index contributed by atoms with van der Waals surface area (Å²) in [6.45, 7) is 1.41. The average molecular weight is 398 g/mol. The smallest absolute Gasteiger partial charge is 0.244 e. The van der Waals surface area contributed by atoms with E-state index in [1.807, 2.05) is 12.1 Å². The lowest BCUT2D eigenvalue weighted by Crippen LogP contribution is -2.23. The van der Waals surface area contributed by atoms with Crippen molar-refractivity contribution in [1.82, 2.24) is 14.6 Å². The number of nitrogens with zero attached hydrogens (tertiary/aromatic N) is 1. The van der Waals surface area contributed by atoms with Gasteiger partial charge in [0.25, 0.3) is 0 Å². The molecule has 3 rings (SSSR count). The zero-order chi connectivity index (χ0) is 20.0. The van der Waals surface area contributed by atoms with Crippen LogP contribution >= 0.6 is 0 Å². The molecule has 0 unspecified atom stereocenters. The number of carbonyl (C=O) groups is 1. The molecule has 2 aromatic carbocycles. The number of sulfonamides is 1. The van der Waals surface area contributed by atoms with Crippen LogP contribution in [0.2, 0.25) is 0 Å². The van der Waals surface area contributed by atoms with Crippen molar-refractivity contribution < 1.29 is 13.2 Å². The van der Waals surface area contributed by atoms with Gasteiger partial charge in [-0.3, -0.25) is 4.79 Å². The van der Waals surface area contributed by atoms with E-state index in [2.05, 4.69) is 39.0 Å². The monoisotopic (exact) mass is 397 g/mol. The molecular weight excluding hydrogens is 374 g/mol. The predicted molar refractivity (Wildman–Crippen MR) is 111 cm³/mol. The van der Waals surface area contributed by atoms with E-state index in [0.717, 1.165) is 18.5 Å². The summed E-state index contributed by atoms with van der Waals surface area (Å²) in [5, 5.41) is 4.07. The molecule has 6 nitrogen and oxygen atoms in total. The van der Waals surface area contributed by atoms with E-state index in [4.69, 9.17) is 0 Å². The lowest BCUT2D eigenvalue weighted by atomic mass is 10.2. The highest BCUT2D eigenvalue weighted by Crippen LogP contribution is 2.15. The van der Waals surface area contributed by atoms with Gasteiger partial charge in [-0.05, 0) is 54.8 Å². The first kappa shape index (κ1) is 19.9. The van der Waals surface area contributed by atoms with Gasteiger partial charge in [0.1, 0.15) is 0 Å². The van der Waals surface area contributed by atoms with Crippen LogP contribution in [0.3, 0.4) is 0 Å². The van der Waals surface area contributed by atoms with Gasteiger partial charge in [0.15, 0.2) is 0 Å². The number of aryl methyl sites for hydroxylation is 1. The Kier molecular flexibility index (Phi) is 6.28. The van der Waals surface area contributed by atoms with Crippen molar-refractivity contribution in [3.63, 3.8) is 0 Å². The highest BCUT2D eigenvalue weighted by molar-refractivity contribution is 7.89. The fourth-order valence-corrected chi connectivity index (χ4v) is 3.63. The van der Waals surface area contributed by atoms with Crippen LogP contribution < -0.4 is 10.0 Å². The summed E-state index contributed by atoms with van der Waals surface area (Å²) in [6.07, 6.45) is 6.00. The second kappa shape index (κ2) is 8.86.